The molecule has 0 saturated carbocycles. The van der Waals surface area contributed by atoms with Gasteiger partial charge >= 0.3 is 0 Å². The number of phenols is 1. The Morgan fingerprint density at radius 2 is 2.23 bits per heavy atom. The smallest absolute Gasteiger partial charge is 0.260 e. The molecule has 1 saturated heterocycles. The van der Waals surface area contributed by atoms with E-state index in [9.17, 15) is 5.11 Å². The average Bonchev–Trinajstić information content (AvgIpc) is 3.21. The van der Waals surface area contributed by atoms with E-state index in [4.69, 9.17) is 9.26 Å². The van der Waals surface area contributed by atoms with Crippen LogP contribution in [0.2, 0.25) is 0 Å². The number of fused-ring (bicyclic) bond motifs is 1. The molecule has 6 nitrogen and oxygen atoms in total. The van der Waals surface area contributed by atoms with Crippen molar-refractivity contribution in [1.29, 1.82) is 0 Å². The van der Waals surface area contributed by atoms with Gasteiger partial charge in [-0.25, -0.2) is 0 Å². The predicted molar refractivity (Wildman–Crippen MR) is 80.8 cm³/mol. The first kappa shape index (κ1) is 13.3. The molecular formula is C16H17N3O3. The lowest BCUT2D eigenvalue weighted by Gasteiger charge is -1.98. The van der Waals surface area contributed by atoms with Crippen molar-refractivity contribution in [1.82, 2.24) is 14.7 Å². The van der Waals surface area contributed by atoms with Crippen LogP contribution >= 0.6 is 0 Å². The summed E-state index contributed by atoms with van der Waals surface area (Å²) in [6, 6.07) is 5.31. The van der Waals surface area contributed by atoms with E-state index in [-0.39, 0.29) is 11.7 Å². The number of phenolic OH excluding ortho intramolecular Hbond substituents is 1. The highest BCUT2D eigenvalue weighted by Crippen LogP contribution is 2.35. The monoisotopic (exact) mass is 299 g/mol. The first-order valence-corrected chi connectivity index (χ1v) is 7.35. The zero-order valence-electron chi connectivity index (χ0n) is 12.5. The Morgan fingerprint density at radius 1 is 1.36 bits per heavy atom. The second-order valence-electron chi connectivity index (χ2n) is 5.74. The second kappa shape index (κ2) is 4.84. The van der Waals surface area contributed by atoms with Gasteiger partial charge in [0.15, 0.2) is 5.82 Å². The number of aryl methyl sites for hydroxylation is 1. The van der Waals surface area contributed by atoms with Crippen molar-refractivity contribution >= 4 is 10.9 Å². The number of ether oxygens (including phenoxy) is 1. The largest absolute Gasteiger partial charge is 0.508 e. The van der Waals surface area contributed by atoms with Gasteiger partial charge in [-0.15, -0.1) is 0 Å². The molecular weight excluding hydrogens is 282 g/mol. The van der Waals surface area contributed by atoms with Crippen LogP contribution < -0.4 is 0 Å². The minimum Gasteiger partial charge on any atom is -0.508 e. The molecule has 3 heterocycles. The Balaban J connectivity index is 1.87. The topological polar surface area (TPSA) is 73.3 Å². The molecule has 0 aliphatic carbocycles. The predicted octanol–water partition coefficient (Wildman–Crippen LogP) is 2.75. The van der Waals surface area contributed by atoms with Crippen molar-refractivity contribution in [2.75, 3.05) is 13.2 Å². The molecule has 1 aliphatic heterocycles. The third-order valence-electron chi connectivity index (χ3n) is 4.43. The van der Waals surface area contributed by atoms with Crippen molar-refractivity contribution in [2.24, 2.45) is 7.05 Å². The first-order chi connectivity index (χ1) is 10.6. The zero-order chi connectivity index (χ0) is 15.3. The molecule has 22 heavy (non-hydrogen) atoms. The van der Waals surface area contributed by atoms with Crippen molar-refractivity contribution in [3.63, 3.8) is 0 Å². The number of rotatable bonds is 2. The standard InChI is InChI=1S/C16H17N3O3/c1-9-14(12-7-11(20)3-4-13(12)19(9)2)16-17-15(18-22-16)10-5-6-21-8-10/h3-4,7,10,20H,5-6,8H2,1-2H3/t10-/m0/s1. The molecule has 2 aromatic heterocycles. The van der Waals surface area contributed by atoms with Crippen molar-refractivity contribution in [2.45, 2.75) is 19.3 Å². The number of hydrogen-bond acceptors (Lipinski definition) is 5. The van der Waals surface area contributed by atoms with Crippen LogP contribution in [-0.2, 0) is 11.8 Å². The van der Waals surface area contributed by atoms with Crippen LogP contribution in [0.4, 0.5) is 0 Å². The molecule has 114 valence electrons. The minimum atomic E-state index is 0.209. The highest BCUT2D eigenvalue weighted by Gasteiger charge is 2.25. The Morgan fingerprint density at radius 3 is 3.00 bits per heavy atom. The molecule has 0 spiro atoms. The van der Waals surface area contributed by atoms with E-state index >= 15 is 0 Å². The summed E-state index contributed by atoms with van der Waals surface area (Å²) >= 11 is 0. The Kier molecular flexibility index (Phi) is 2.94. The SMILES string of the molecule is Cc1c(-c2nc([C@H]3CCOC3)no2)c2cc(O)ccc2n1C. The number of aromatic hydroxyl groups is 1. The summed E-state index contributed by atoms with van der Waals surface area (Å²) in [6.45, 7) is 3.40. The van der Waals surface area contributed by atoms with Gasteiger partial charge in [-0.05, 0) is 31.5 Å². The average molecular weight is 299 g/mol. The lowest BCUT2D eigenvalue weighted by atomic mass is 10.1. The first-order valence-electron chi connectivity index (χ1n) is 7.35. The number of hydrogen-bond donors (Lipinski definition) is 1. The van der Waals surface area contributed by atoms with Crippen LogP contribution in [0.25, 0.3) is 22.4 Å². The van der Waals surface area contributed by atoms with E-state index < -0.39 is 0 Å². The van der Waals surface area contributed by atoms with Crippen LogP contribution in [0.5, 0.6) is 5.75 Å². The van der Waals surface area contributed by atoms with Gasteiger partial charge in [-0.3, -0.25) is 0 Å². The maximum Gasteiger partial charge on any atom is 0.260 e. The fraction of sp³-hybridized carbons (Fsp3) is 0.375. The number of nitrogens with zero attached hydrogens (tertiary/aromatic N) is 3. The molecule has 1 N–H and O–H groups in total. The lowest BCUT2D eigenvalue weighted by Crippen LogP contribution is -1.99. The fourth-order valence-corrected chi connectivity index (χ4v) is 3.07. The quantitative estimate of drug-likeness (QED) is 0.787. The zero-order valence-corrected chi connectivity index (χ0v) is 12.5. The van der Waals surface area contributed by atoms with Crippen LogP contribution in [0.1, 0.15) is 23.9 Å². The summed E-state index contributed by atoms with van der Waals surface area (Å²) in [4.78, 5) is 4.56. The van der Waals surface area contributed by atoms with Gasteiger partial charge in [0.2, 0.25) is 0 Å². The normalized spacial score (nSPS) is 18.4. The molecule has 3 aromatic rings. The molecule has 0 bridgehead atoms. The molecule has 1 aliphatic rings. The van der Waals surface area contributed by atoms with Gasteiger partial charge in [0.25, 0.3) is 5.89 Å². The number of aromatic nitrogens is 3. The molecule has 1 fully saturated rings. The van der Waals surface area contributed by atoms with Crippen molar-refractivity contribution in [3.8, 4) is 17.2 Å². The van der Waals surface area contributed by atoms with E-state index in [1.165, 1.54) is 0 Å². The maximum absolute atomic E-state index is 9.79. The molecule has 6 heteroatoms. The summed E-state index contributed by atoms with van der Waals surface area (Å²) < 4.78 is 12.9. The molecule has 0 amide bonds. The fourth-order valence-electron chi connectivity index (χ4n) is 3.07. The van der Waals surface area contributed by atoms with Gasteiger partial charge in [0, 0.05) is 36.2 Å². The molecule has 0 unspecified atom stereocenters. The summed E-state index contributed by atoms with van der Waals surface area (Å²) in [5.74, 6) is 1.63. The van der Waals surface area contributed by atoms with Gasteiger partial charge < -0.3 is 18.9 Å². The van der Waals surface area contributed by atoms with Crippen LogP contribution in [0.3, 0.4) is 0 Å². The lowest BCUT2D eigenvalue weighted by molar-refractivity contribution is 0.192. The summed E-state index contributed by atoms with van der Waals surface area (Å²) in [5, 5.41) is 14.8. The third kappa shape index (κ3) is 1.91. The van der Waals surface area contributed by atoms with Crippen LogP contribution in [-0.4, -0.2) is 33.0 Å². The molecule has 4 rings (SSSR count). The molecule has 1 atom stereocenters. The Hall–Kier alpha value is -2.34. The third-order valence-corrected chi connectivity index (χ3v) is 4.43. The van der Waals surface area contributed by atoms with E-state index in [0.717, 1.165) is 35.2 Å². The molecule has 1 aromatic carbocycles. The van der Waals surface area contributed by atoms with Crippen LogP contribution in [0.15, 0.2) is 22.7 Å². The Bertz CT molecular complexity index is 844. The minimum absolute atomic E-state index is 0.209. The van der Waals surface area contributed by atoms with Crippen molar-refractivity contribution < 1.29 is 14.4 Å². The second-order valence-corrected chi connectivity index (χ2v) is 5.74. The van der Waals surface area contributed by atoms with Gasteiger partial charge in [-0.2, -0.15) is 4.98 Å². The van der Waals surface area contributed by atoms with E-state index in [1.54, 1.807) is 12.1 Å². The van der Waals surface area contributed by atoms with E-state index in [1.807, 2.05) is 20.0 Å². The van der Waals surface area contributed by atoms with Crippen LogP contribution in [0, 0.1) is 6.92 Å². The van der Waals surface area contributed by atoms with E-state index in [2.05, 4.69) is 14.7 Å². The highest BCUT2D eigenvalue weighted by atomic mass is 16.5. The van der Waals surface area contributed by atoms with Crippen molar-refractivity contribution in [3.05, 3.63) is 29.7 Å². The molecule has 0 radical (unpaired) electrons. The number of benzene rings is 1. The summed E-state index contributed by atoms with van der Waals surface area (Å²) in [5.41, 5.74) is 2.93. The van der Waals surface area contributed by atoms with Gasteiger partial charge in [0.05, 0.1) is 12.2 Å². The maximum atomic E-state index is 9.79. The highest BCUT2D eigenvalue weighted by molar-refractivity contribution is 5.96. The van der Waals surface area contributed by atoms with Gasteiger partial charge in [-0.1, -0.05) is 5.16 Å². The summed E-state index contributed by atoms with van der Waals surface area (Å²) in [7, 11) is 1.99. The Labute approximate surface area is 127 Å². The van der Waals surface area contributed by atoms with Gasteiger partial charge in [0.1, 0.15) is 5.75 Å². The van der Waals surface area contributed by atoms with E-state index in [0.29, 0.717) is 18.3 Å². The summed E-state index contributed by atoms with van der Waals surface area (Å²) in [6.07, 6.45) is 0.925.